The van der Waals surface area contributed by atoms with E-state index >= 15 is 0 Å². The van der Waals surface area contributed by atoms with Crippen molar-refractivity contribution in [3.63, 3.8) is 0 Å². The number of rotatable bonds is 6. The molecule has 0 aliphatic rings. The Hall–Kier alpha value is -2.25. The molecule has 0 saturated heterocycles. The lowest BCUT2D eigenvalue weighted by molar-refractivity contribution is 0.298. The van der Waals surface area contributed by atoms with Crippen LogP contribution in [0.15, 0.2) is 39.8 Å². The van der Waals surface area contributed by atoms with Crippen molar-refractivity contribution in [2.45, 2.75) is 20.8 Å². The molecule has 0 N–H and O–H groups in total. The SMILES string of the molecule is C#CCOc1c(Br)cc(C=Nc2ccc(C)cc2C)cc1OCC. The van der Waals surface area contributed by atoms with E-state index in [-0.39, 0.29) is 6.61 Å². The highest BCUT2D eigenvalue weighted by molar-refractivity contribution is 9.10. The Morgan fingerprint density at radius 3 is 2.67 bits per heavy atom. The van der Waals surface area contributed by atoms with Gasteiger partial charge in [-0.25, -0.2) is 0 Å². The van der Waals surface area contributed by atoms with Gasteiger partial charge in [-0.2, -0.15) is 0 Å². The standard InChI is InChI=1S/C20H20BrNO2/c1-5-9-24-20-17(21)11-16(12-19(20)23-6-2)13-22-18-8-7-14(3)10-15(18)4/h1,7-8,10-13H,6,9H2,2-4H3. The van der Waals surface area contributed by atoms with Crippen LogP contribution >= 0.6 is 15.9 Å². The van der Waals surface area contributed by atoms with Crippen molar-refractivity contribution >= 4 is 27.8 Å². The van der Waals surface area contributed by atoms with Gasteiger partial charge in [0, 0.05) is 6.21 Å². The van der Waals surface area contributed by atoms with Crippen LogP contribution in [-0.4, -0.2) is 19.4 Å². The molecule has 0 heterocycles. The van der Waals surface area contributed by atoms with E-state index in [4.69, 9.17) is 15.9 Å². The second kappa shape index (κ2) is 8.56. The molecule has 0 saturated carbocycles. The molecule has 0 aliphatic heterocycles. The lowest BCUT2D eigenvalue weighted by Crippen LogP contribution is -2.01. The summed E-state index contributed by atoms with van der Waals surface area (Å²) in [6, 6.07) is 10.0. The van der Waals surface area contributed by atoms with Crippen LogP contribution in [0.3, 0.4) is 0 Å². The average Bonchev–Trinajstić information content (AvgIpc) is 2.53. The van der Waals surface area contributed by atoms with Crippen molar-refractivity contribution in [2.24, 2.45) is 4.99 Å². The Bertz CT molecular complexity index is 791. The molecule has 0 bridgehead atoms. The van der Waals surface area contributed by atoms with Gasteiger partial charge in [-0.1, -0.05) is 23.6 Å². The van der Waals surface area contributed by atoms with Gasteiger partial charge in [0.1, 0.15) is 6.61 Å². The zero-order chi connectivity index (χ0) is 17.5. The fourth-order valence-corrected chi connectivity index (χ4v) is 2.85. The molecule has 4 heteroatoms. The van der Waals surface area contributed by atoms with Crippen LogP contribution in [-0.2, 0) is 0 Å². The zero-order valence-corrected chi connectivity index (χ0v) is 15.7. The number of ether oxygens (including phenoxy) is 2. The highest BCUT2D eigenvalue weighted by Crippen LogP contribution is 2.36. The van der Waals surface area contributed by atoms with E-state index in [1.54, 1.807) is 0 Å². The molecular weight excluding hydrogens is 366 g/mol. The number of terminal acetylenes is 1. The van der Waals surface area contributed by atoms with Crippen LogP contribution in [0.5, 0.6) is 11.5 Å². The highest BCUT2D eigenvalue weighted by atomic mass is 79.9. The molecule has 0 spiro atoms. The van der Waals surface area contributed by atoms with Crippen LogP contribution in [0, 0.1) is 26.2 Å². The third-order valence-corrected chi connectivity index (χ3v) is 3.93. The lowest BCUT2D eigenvalue weighted by Gasteiger charge is -2.13. The Morgan fingerprint density at radius 1 is 1.21 bits per heavy atom. The summed E-state index contributed by atoms with van der Waals surface area (Å²) in [5.41, 5.74) is 4.23. The molecule has 3 nitrogen and oxygen atoms in total. The van der Waals surface area contributed by atoms with Gasteiger partial charge in [0.15, 0.2) is 11.5 Å². The van der Waals surface area contributed by atoms with E-state index in [0.717, 1.165) is 21.3 Å². The van der Waals surface area contributed by atoms with Gasteiger partial charge in [0.25, 0.3) is 0 Å². The highest BCUT2D eigenvalue weighted by Gasteiger charge is 2.11. The van der Waals surface area contributed by atoms with Gasteiger partial charge in [-0.05, 0) is 66.0 Å². The number of nitrogens with zero attached hydrogens (tertiary/aromatic N) is 1. The molecule has 2 aromatic rings. The predicted octanol–water partition coefficient (Wildman–Crippen LogP) is 5.23. The molecule has 0 radical (unpaired) electrons. The van der Waals surface area contributed by atoms with Crippen LogP contribution < -0.4 is 9.47 Å². The minimum atomic E-state index is 0.189. The van der Waals surface area contributed by atoms with E-state index < -0.39 is 0 Å². The zero-order valence-electron chi connectivity index (χ0n) is 14.1. The second-order valence-electron chi connectivity index (χ2n) is 5.30. The van der Waals surface area contributed by atoms with Crippen molar-refractivity contribution in [2.75, 3.05) is 13.2 Å². The first kappa shape index (κ1) is 18.1. The molecule has 2 aromatic carbocycles. The molecule has 0 aliphatic carbocycles. The van der Waals surface area contributed by atoms with Crippen LogP contribution in [0.25, 0.3) is 0 Å². The molecule has 0 amide bonds. The van der Waals surface area contributed by atoms with Crippen molar-refractivity contribution in [1.29, 1.82) is 0 Å². The molecule has 2 rings (SSSR count). The molecule has 0 unspecified atom stereocenters. The van der Waals surface area contributed by atoms with E-state index in [0.29, 0.717) is 18.1 Å². The average molecular weight is 386 g/mol. The summed E-state index contributed by atoms with van der Waals surface area (Å²) in [6.07, 6.45) is 7.08. The number of benzene rings is 2. The maximum Gasteiger partial charge on any atom is 0.176 e. The first-order valence-corrected chi connectivity index (χ1v) is 8.48. The second-order valence-corrected chi connectivity index (χ2v) is 6.16. The van der Waals surface area contributed by atoms with Gasteiger partial charge in [-0.15, -0.1) is 6.42 Å². The van der Waals surface area contributed by atoms with Gasteiger partial charge >= 0.3 is 0 Å². The largest absolute Gasteiger partial charge is 0.490 e. The van der Waals surface area contributed by atoms with Crippen molar-refractivity contribution < 1.29 is 9.47 Å². The van der Waals surface area contributed by atoms with Gasteiger partial charge in [-0.3, -0.25) is 4.99 Å². The summed E-state index contributed by atoms with van der Waals surface area (Å²) in [5, 5.41) is 0. The van der Waals surface area contributed by atoms with Gasteiger partial charge in [0.05, 0.1) is 16.8 Å². The minimum absolute atomic E-state index is 0.189. The quantitative estimate of drug-likeness (QED) is 0.503. The first-order chi connectivity index (χ1) is 11.5. The monoisotopic (exact) mass is 385 g/mol. The van der Waals surface area contributed by atoms with E-state index in [2.05, 4.69) is 52.8 Å². The van der Waals surface area contributed by atoms with E-state index in [1.807, 2.05) is 31.3 Å². The Balaban J connectivity index is 2.33. The van der Waals surface area contributed by atoms with Crippen LogP contribution in [0.4, 0.5) is 5.69 Å². The summed E-state index contributed by atoms with van der Waals surface area (Å²) < 4.78 is 12.0. The van der Waals surface area contributed by atoms with E-state index in [1.165, 1.54) is 5.56 Å². The molecule has 0 fully saturated rings. The summed E-state index contributed by atoms with van der Waals surface area (Å²) in [7, 11) is 0. The Labute approximate surface area is 151 Å². The molecule has 0 aromatic heterocycles. The molecular formula is C20H20BrNO2. The van der Waals surface area contributed by atoms with E-state index in [9.17, 15) is 0 Å². The van der Waals surface area contributed by atoms with Crippen molar-refractivity contribution in [3.05, 3.63) is 51.5 Å². The summed E-state index contributed by atoms with van der Waals surface area (Å²) in [5.74, 6) is 3.71. The first-order valence-electron chi connectivity index (χ1n) is 7.69. The van der Waals surface area contributed by atoms with Gasteiger partial charge in [0.2, 0.25) is 0 Å². The molecule has 24 heavy (non-hydrogen) atoms. The smallest absolute Gasteiger partial charge is 0.176 e. The number of aryl methyl sites for hydroxylation is 2. The fraction of sp³-hybridized carbons (Fsp3) is 0.250. The van der Waals surface area contributed by atoms with Crippen molar-refractivity contribution in [3.8, 4) is 23.8 Å². The Morgan fingerprint density at radius 2 is 2.00 bits per heavy atom. The Kier molecular flexibility index (Phi) is 6.45. The lowest BCUT2D eigenvalue weighted by atomic mass is 10.1. The number of hydrogen-bond donors (Lipinski definition) is 0. The topological polar surface area (TPSA) is 30.8 Å². The van der Waals surface area contributed by atoms with Gasteiger partial charge < -0.3 is 9.47 Å². The summed E-state index contributed by atoms with van der Waals surface area (Å²) in [6.45, 7) is 6.78. The predicted molar refractivity (Wildman–Crippen MR) is 103 cm³/mol. The number of aliphatic imine (C=N–C) groups is 1. The fourth-order valence-electron chi connectivity index (χ4n) is 2.27. The normalized spacial score (nSPS) is 10.6. The number of hydrogen-bond acceptors (Lipinski definition) is 3. The summed E-state index contributed by atoms with van der Waals surface area (Å²) in [4.78, 5) is 4.58. The molecule has 124 valence electrons. The third-order valence-electron chi connectivity index (χ3n) is 3.34. The molecule has 0 atom stereocenters. The maximum absolute atomic E-state index is 5.66. The minimum Gasteiger partial charge on any atom is -0.490 e. The number of halogens is 1. The van der Waals surface area contributed by atoms with Crippen molar-refractivity contribution in [1.82, 2.24) is 0 Å². The van der Waals surface area contributed by atoms with Crippen LogP contribution in [0.2, 0.25) is 0 Å². The third kappa shape index (κ3) is 4.62. The van der Waals surface area contributed by atoms with Crippen LogP contribution in [0.1, 0.15) is 23.6 Å². The summed E-state index contributed by atoms with van der Waals surface area (Å²) >= 11 is 3.51. The maximum atomic E-state index is 5.66.